The second kappa shape index (κ2) is 2.40. The fourth-order valence-corrected chi connectivity index (χ4v) is 0. The van der Waals surface area contributed by atoms with Crippen molar-refractivity contribution in [2.75, 3.05) is 7.05 Å². The van der Waals surface area contributed by atoms with Gasteiger partial charge in [-0.05, 0) is 0 Å². The molecule has 0 unspecified atom stereocenters. The molecule has 0 saturated heterocycles. The first kappa shape index (κ1) is 3.40. The van der Waals surface area contributed by atoms with Gasteiger partial charge < -0.3 is 0 Å². The molecule has 0 saturated carbocycles. The van der Waals surface area contributed by atoms with Gasteiger partial charge in [-0.15, -0.1) is 0 Å². The highest BCUT2D eigenvalue weighted by atomic mass is 16.9. The van der Waals surface area contributed by atoms with E-state index < -0.39 is 0 Å². The average molecular weight is 61.0 g/mol. The van der Waals surface area contributed by atoms with Crippen LogP contribution in [0.3, 0.4) is 0 Å². The van der Waals surface area contributed by atoms with Gasteiger partial charge in [-0.3, -0.25) is 0 Å². The van der Waals surface area contributed by atoms with E-state index in [1.54, 1.807) is 0 Å². The van der Waals surface area contributed by atoms with E-state index in [4.69, 9.17) is 4.96 Å². The van der Waals surface area contributed by atoms with Gasteiger partial charge in [0.1, 0.15) is 0 Å². The normalized spacial score (nSPS) is 5.25. The van der Waals surface area contributed by atoms with Crippen LogP contribution in [0, 0.1) is 9.66 Å². The molecule has 3 heteroatoms. The van der Waals surface area contributed by atoms with Gasteiger partial charge in [0.2, 0.25) is 4.96 Å². The zero-order valence-corrected chi connectivity index (χ0v) is 2.26. The largest absolute Gasteiger partial charge is 0.211 e. The van der Waals surface area contributed by atoms with Gasteiger partial charge in [-0.2, -0.15) is 0 Å². The fraction of sp³-hybridized carbons (Fsp3) is 1.00. The average Bonchev–Trinajstić information content (AvgIpc) is 1.37. The van der Waals surface area contributed by atoms with Gasteiger partial charge in [0.05, 0.1) is 0 Å². The van der Waals surface area contributed by atoms with Gasteiger partial charge in [0.25, 0.3) is 0 Å². The Morgan fingerprint density at radius 3 is 2.25 bits per heavy atom. The van der Waals surface area contributed by atoms with Gasteiger partial charge in [0.15, 0.2) is 0 Å². The van der Waals surface area contributed by atoms with E-state index >= 15 is 0 Å². The Morgan fingerprint density at radius 1 is 2.00 bits per heavy atom. The highest BCUT2D eigenvalue weighted by molar-refractivity contribution is 4.79. The number of hydrogen-bond acceptors (Lipinski definition) is 1. The Hall–Kier alpha value is -0.600. The maximum absolute atomic E-state index is 8.63. The van der Waals surface area contributed by atoms with Crippen molar-refractivity contribution < 1.29 is 0 Å². The molecule has 0 aromatic rings. The molecule has 0 spiro atoms. The number of hydrogen-bond donors (Lipinski definition) is 0. The third-order valence-electron chi connectivity index (χ3n) is 0.0745. The minimum absolute atomic E-state index is 1.27. The van der Waals surface area contributed by atoms with Crippen LogP contribution in [0.2, 0.25) is 0 Å². The molecule has 0 heterocycles. The summed E-state index contributed by atoms with van der Waals surface area (Å²) < 4.78 is 2.92. The van der Waals surface area contributed by atoms with Crippen molar-refractivity contribution in [1.29, 1.82) is 0 Å². The van der Waals surface area contributed by atoms with Crippen LogP contribution in [0.15, 0.2) is 0 Å². The summed E-state index contributed by atoms with van der Waals surface area (Å²) in [5.41, 5.74) is 2.68. The minimum atomic E-state index is 1.27. The van der Waals surface area contributed by atoms with Crippen LogP contribution in [0.5, 0.6) is 0 Å². The Balaban J connectivity index is 2.30. The molecule has 0 aromatic heterocycles. The van der Waals surface area contributed by atoms with E-state index in [1.165, 1.54) is 7.05 Å². The lowest BCUT2D eigenvalue weighted by Gasteiger charge is -1.60. The minimum Gasteiger partial charge on any atom is -0.211 e. The van der Waals surface area contributed by atoms with Crippen molar-refractivity contribution in [3.05, 3.63) is 15.1 Å². The molecule has 0 aliphatic heterocycles. The SMILES string of the molecule is C[N-][O+]=O. The van der Waals surface area contributed by atoms with E-state index in [1.807, 2.05) is 0 Å². The van der Waals surface area contributed by atoms with Crippen LogP contribution in [0.4, 0.5) is 0 Å². The van der Waals surface area contributed by atoms with Crippen molar-refractivity contribution in [3.63, 3.8) is 0 Å². The first-order valence-corrected chi connectivity index (χ1v) is 0.796. The number of rotatable bonds is 1. The molecule has 0 atom stereocenters. The van der Waals surface area contributed by atoms with Crippen molar-refractivity contribution >= 4 is 0 Å². The predicted molar refractivity (Wildman–Crippen MR) is 16.0 cm³/mol. The van der Waals surface area contributed by atoms with E-state index in [0.29, 0.717) is 0 Å². The predicted octanol–water partition coefficient (Wildman–Crippen LogP) is 0.521. The molecule has 0 amide bonds. The van der Waals surface area contributed by atoms with Crippen LogP contribution < -0.4 is 0 Å². The smallest absolute Gasteiger partial charge is 0.208 e. The number of hydroxylamine groups is 1. The first-order valence-electron chi connectivity index (χ1n) is 0.796. The molecule has 0 aromatic carbocycles. The Morgan fingerprint density at radius 2 is 2.25 bits per heavy atom. The van der Waals surface area contributed by atoms with E-state index in [0.717, 1.165) is 0 Å². The summed E-state index contributed by atoms with van der Waals surface area (Å²) in [7, 11) is 1.27. The second-order valence-electron chi connectivity index (χ2n) is 0.257. The molecular formula is CH3NO2. The van der Waals surface area contributed by atoms with Gasteiger partial charge in [-0.1, -0.05) is 7.05 Å². The van der Waals surface area contributed by atoms with Gasteiger partial charge >= 0.3 is 0 Å². The third kappa shape index (κ3) is 1.40. The summed E-state index contributed by atoms with van der Waals surface area (Å²) in [6.07, 6.45) is 0. The van der Waals surface area contributed by atoms with E-state index in [9.17, 15) is 0 Å². The zero-order chi connectivity index (χ0) is 3.41. The molecule has 4 heavy (non-hydrogen) atoms. The fourth-order valence-electron chi connectivity index (χ4n) is 0. The zero-order valence-electron chi connectivity index (χ0n) is 2.26. The molecule has 0 N–H and O–H groups in total. The van der Waals surface area contributed by atoms with Crippen molar-refractivity contribution in [1.82, 2.24) is 0 Å². The van der Waals surface area contributed by atoms with E-state index in [2.05, 4.69) is 10.2 Å². The summed E-state index contributed by atoms with van der Waals surface area (Å²) in [4.78, 5) is 8.63. The standard InChI is InChI=1S/CH3NO2/c1-2-4-3/h1H3. The highest BCUT2D eigenvalue weighted by Crippen LogP contribution is 1.62. The molecule has 3 nitrogen and oxygen atoms in total. The molecule has 0 radical (unpaired) electrons. The summed E-state index contributed by atoms with van der Waals surface area (Å²) in [5, 5.41) is 0. The van der Waals surface area contributed by atoms with Gasteiger partial charge in [-0.25, -0.2) is 5.48 Å². The first-order chi connectivity index (χ1) is 1.91. The van der Waals surface area contributed by atoms with Crippen molar-refractivity contribution in [2.45, 2.75) is 0 Å². The Bertz CT molecular complexity index is 20.0. The molecule has 0 fully saturated rings. The molecule has 24 valence electrons. The van der Waals surface area contributed by atoms with Gasteiger partial charge in [0, 0.05) is 4.70 Å². The Labute approximate surface area is 23.5 Å². The summed E-state index contributed by atoms with van der Waals surface area (Å²) in [6, 6.07) is 0. The monoisotopic (exact) mass is 61.0 g/mol. The molecule has 0 rings (SSSR count). The van der Waals surface area contributed by atoms with E-state index in [-0.39, 0.29) is 0 Å². The topological polar surface area (TPSA) is 42.5 Å². The summed E-state index contributed by atoms with van der Waals surface area (Å²) >= 11 is 0. The van der Waals surface area contributed by atoms with Crippen LogP contribution in [-0.4, -0.2) is 7.05 Å². The lowest BCUT2D eigenvalue weighted by Crippen LogP contribution is -1.42. The quantitative estimate of drug-likeness (QED) is 0.322. The summed E-state index contributed by atoms with van der Waals surface area (Å²) in [6.45, 7) is 0. The summed E-state index contributed by atoms with van der Waals surface area (Å²) in [5.74, 6) is 0. The lowest BCUT2D eigenvalue weighted by molar-refractivity contribution is 1.69. The molecular weight excluding hydrogens is 58.0 g/mol. The second-order valence-corrected chi connectivity index (χ2v) is 0.257. The van der Waals surface area contributed by atoms with Crippen LogP contribution in [0.1, 0.15) is 0 Å². The maximum atomic E-state index is 8.63. The van der Waals surface area contributed by atoms with Crippen LogP contribution >= 0.6 is 0 Å². The number of nitrogens with zero attached hydrogens (tertiary/aromatic N) is 1. The van der Waals surface area contributed by atoms with Crippen molar-refractivity contribution in [2.24, 2.45) is 0 Å². The molecule has 0 bridgehead atoms. The maximum Gasteiger partial charge on any atom is 0.208 e. The van der Waals surface area contributed by atoms with Crippen LogP contribution in [0.25, 0.3) is 5.48 Å². The Kier molecular flexibility index (Phi) is 2.04. The third-order valence-corrected chi connectivity index (χ3v) is 0.0745. The van der Waals surface area contributed by atoms with Crippen molar-refractivity contribution in [3.8, 4) is 0 Å². The molecule has 0 aliphatic carbocycles. The lowest BCUT2D eigenvalue weighted by atomic mass is 11.6. The van der Waals surface area contributed by atoms with Crippen LogP contribution in [-0.2, 0) is 0 Å². The molecule has 0 aliphatic rings. The highest BCUT2D eigenvalue weighted by Gasteiger charge is 1.45.